The number of amides is 1. The second-order valence-corrected chi connectivity index (χ2v) is 7.25. The Labute approximate surface area is 142 Å². The zero-order valence-corrected chi connectivity index (χ0v) is 14.0. The minimum absolute atomic E-state index is 0.0926. The maximum absolute atomic E-state index is 12.4. The zero-order chi connectivity index (χ0) is 16.4. The highest BCUT2D eigenvalue weighted by atomic mass is 16.5. The van der Waals surface area contributed by atoms with Crippen molar-refractivity contribution in [1.82, 2.24) is 14.9 Å². The minimum atomic E-state index is -0.145. The average molecular weight is 331 g/mol. The highest BCUT2D eigenvalue weighted by Gasteiger charge is 2.43. The van der Waals surface area contributed by atoms with Gasteiger partial charge in [-0.25, -0.2) is 9.97 Å². The van der Waals surface area contributed by atoms with Crippen LogP contribution in [0.4, 0.5) is 0 Å². The third-order valence-electron chi connectivity index (χ3n) is 5.70. The topological polar surface area (TPSA) is 64.6 Å². The molecule has 1 aliphatic carbocycles. The molecule has 1 aromatic heterocycles. The van der Waals surface area contributed by atoms with Crippen LogP contribution in [-0.2, 0) is 9.53 Å². The van der Waals surface area contributed by atoms with E-state index < -0.39 is 0 Å². The van der Waals surface area contributed by atoms with Gasteiger partial charge in [-0.15, -0.1) is 0 Å². The summed E-state index contributed by atoms with van der Waals surface area (Å²) in [5.41, 5.74) is -0.145. The lowest BCUT2D eigenvalue weighted by molar-refractivity contribution is -0.156. The molecular weight excluding hydrogens is 306 g/mol. The van der Waals surface area contributed by atoms with Gasteiger partial charge in [0.25, 0.3) is 0 Å². The molecule has 1 amide bonds. The molecule has 1 saturated carbocycles. The zero-order valence-electron chi connectivity index (χ0n) is 14.0. The van der Waals surface area contributed by atoms with E-state index in [1.165, 1.54) is 6.42 Å². The molecule has 3 fully saturated rings. The normalized spacial score (nSPS) is 26.8. The minimum Gasteiger partial charge on any atom is -0.460 e. The molecule has 2 saturated heterocycles. The van der Waals surface area contributed by atoms with E-state index in [2.05, 4.69) is 9.97 Å². The molecule has 0 N–H and O–H groups in total. The quantitative estimate of drug-likeness (QED) is 0.849. The molecule has 0 radical (unpaired) electrons. The highest BCUT2D eigenvalue weighted by Crippen LogP contribution is 2.37. The Hall–Kier alpha value is -1.69. The fourth-order valence-electron chi connectivity index (χ4n) is 3.98. The summed E-state index contributed by atoms with van der Waals surface area (Å²) in [7, 11) is 0. The average Bonchev–Trinajstić information content (AvgIpc) is 2.55. The molecule has 1 unspecified atom stereocenters. The molecule has 3 aliphatic rings. The second-order valence-electron chi connectivity index (χ2n) is 7.25. The van der Waals surface area contributed by atoms with Crippen molar-refractivity contribution in [2.75, 3.05) is 19.7 Å². The molecule has 6 nitrogen and oxygen atoms in total. The Morgan fingerprint density at radius 3 is 2.62 bits per heavy atom. The van der Waals surface area contributed by atoms with Crippen molar-refractivity contribution in [1.29, 1.82) is 0 Å². The predicted molar refractivity (Wildman–Crippen MR) is 87.5 cm³/mol. The molecule has 1 aromatic rings. The van der Waals surface area contributed by atoms with Crippen molar-refractivity contribution >= 4 is 5.91 Å². The van der Waals surface area contributed by atoms with Crippen molar-refractivity contribution in [2.45, 2.75) is 56.7 Å². The van der Waals surface area contributed by atoms with E-state index in [0.29, 0.717) is 18.5 Å². The molecule has 1 spiro atoms. The Morgan fingerprint density at radius 2 is 1.96 bits per heavy atom. The Bertz CT molecular complexity index is 568. The molecule has 3 heterocycles. The second kappa shape index (κ2) is 6.67. The highest BCUT2D eigenvalue weighted by molar-refractivity contribution is 5.79. The van der Waals surface area contributed by atoms with Gasteiger partial charge < -0.3 is 14.4 Å². The number of carbonyl (C=O) groups excluding carboxylic acids is 1. The number of hydrogen-bond acceptors (Lipinski definition) is 5. The molecule has 130 valence electrons. The fourth-order valence-corrected chi connectivity index (χ4v) is 3.98. The van der Waals surface area contributed by atoms with Gasteiger partial charge in [0.2, 0.25) is 5.91 Å². The van der Waals surface area contributed by atoms with Gasteiger partial charge in [-0.05, 0) is 31.7 Å². The molecule has 6 heteroatoms. The molecule has 0 aromatic carbocycles. The van der Waals surface area contributed by atoms with Gasteiger partial charge in [0, 0.05) is 44.2 Å². The van der Waals surface area contributed by atoms with E-state index in [9.17, 15) is 4.79 Å². The summed E-state index contributed by atoms with van der Waals surface area (Å²) in [6.45, 7) is 2.32. The lowest BCUT2D eigenvalue weighted by atomic mass is 9.81. The maximum Gasteiger partial charge on any atom is 0.316 e. The van der Waals surface area contributed by atoms with Crippen LogP contribution in [0, 0.1) is 5.92 Å². The summed E-state index contributed by atoms with van der Waals surface area (Å²) in [5, 5.41) is 0. The molecule has 24 heavy (non-hydrogen) atoms. The lowest BCUT2D eigenvalue weighted by Crippen LogP contribution is -2.53. The van der Waals surface area contributed by atoms with Gasteiger partial charge >= 0.3 is 6.01 Å². The maximum atomic E-state index is 12.4. The number of nitrogens with zero attached hydrogens (tertiary/aromatic N) is 3. The van der Waals surface area contributed by atoms with Crippen LogP contribution in [0.3, 0.4) is 0 Å². The van der Waals surface area contributed by atoms with Crippen molar-refractivity contribution in [3.63, 3.8) is 0 Å². The van der Waals surface area contributed by atoms with E-state index in [1.54, 1.807) is 18.5 Å². The number of piperidine rings is 1. The van der Waals surface area contributed by atoms with Crippen LogP contribution in [-0.4, -0.2) is 52.2 Å². The lowest BCUT2D eigenvalue weighted by Gasteiger charge is -2.46. The number of likely N-dealkylation sites (tertiary alicyclic amines) is 1. The first-order valence-corrected chi connectivity index (χ1v) is 9.11. The fraction of sp³-hybridized carbons (Fsp3) is 0.722. The van der Waals surface area contributed by atoms with Crippen molar-refractivity contribution < 1.29 is 14.3 Å². The molecular formula is C18H25N3O3. The van der Waals surface area contributed by atoms with E-state index in [4.69, 9.17) is 9.47 Å². The van der Waals surface area contributed by atoms with E-state index in [0.717, 1.165) is 51.6 Å². The first kappa shape index (κ1) is 15.8. The van der Waals surface area contributed by atoms with Crippen LogP contribution in [0.25, 0.3) is 0 Å². The summed E-state index contributed by atoms with van der Waals surface area (Å²) >= 11 is 0. The molecule has 0 bridgehead atoms. The van der Waals surface area contributed by atoms with Crippen LogP contribution in [0.2, 0.25) is 0 Å². The Kier molecular flexibility index (Phi) is 4.39. The van der Waals surface area contributed by atoms with Crippen molar-refractivity contribution in [2.24, 2.45) is 5.92 Å². The Balaban J connectivity index is 1.33. The molecule has 2 aliphatic heterocycles. The van der Waals surface area contributed by atoms with Gasteiger partial charge in [-0.3, -0.25) is 4.79 Å². The SMILES string of the molecule is O=C(C1CCC1)N1CCC2(CC1)CC(Oc1ncccn1)CCO2. The van der Waals surface area contributed by atoms with Crippen LogP contribution < -0.4 is 4.74 Å². The van der Waals surface area contributed by atoms with Gasteiger partial charge in [0.05, 0.1) is 12.2 Å². The summed E-state index contributed by atoms with van der Waals surface area (Å²) in [4.78, 5) is 22.7. The van der Waals surface area contributed by atoms with E-state index >= 15 is 0 Å². The molecule has 4 rings (SSSR count). The van der Waals surface area contributed by atoms with Gasteiger partial charge in [0.15, 0.2) is 0 Å². The van der Waals surface area contributed by atoms with Crippen molar-refractivity contribution in [3.8, 4) is 6.01 Å². The summed E-state index contributed by atoms with van der Waals surface area (Å²) < 4.78 is 12.1. The summed E-state index contributed by atoms with van der Waals surface area (Å²) in [5.74, 6) is 0.648. The van der Waals surface area contributed by atoms with Gasteiger partial charge in [0.1, 0.15) is 6.10 Å². The first-order valence-electron chi connectivity index (χ1n) is 9.11. The number of hydrogen-bond donors (Lipinski definition) is 0. The predicted octanol–water partition coefficient (Wildman–Crippen LogP) is 2.20. The van der Waals surface area contributed by atoms with Crippen LogP contribution in [0.5, 0.6) is 6.01 Å². The summed E-state index contributed by atoms with van der Waals surface area (Å²) in [6.07, 6.45) is 10.4. The van der Waals surface area contributed by atoms with Gasteiger partial charge in [-0.1, -0.05) is 6.42 Å². The first-order chi connectivity index (χ1) is 11.7. The Morgan fingerprint density at radius 1 is 1.21 bits per heavy atom. The monoisotopic (exact) mass is 331 g/mol. The third-order valence-corrected chi connectivity index (χ3v) is 5.70. The third kappa shape index (κ3) is 3.24. The summed E-state index contributed by atoms with van der Waals surface area (Å²) in [6, 6.07) is 2.23. The smallest absolute Gasteiger partial charge is 0.316 e. The van der Waals surface area contributed by atoms with Crippen molar-refractivity contribution in [3.05, 3.63) is 18.5 Å². The van der Waals surface area contributed by atoms with E-state index in [-0.39, 0.29) is 17.6 Å². The van der Waals surface area contributed by atoms with E-state index in [1.807, 2.05) is 4.90 Å². The van der Waals surface area contributed by atoms with Crippen LogP contribution in [0.1, 0.15) is 44.9 Å². The van der Waals surface area contributed by atoms with Gasteiger partial charge in [-0.2, -0.15) is 0 Å². The molecule has 1 atom stereocenters. The largest absolute Gasteiger partial charge is 0.460 e. The number of carbonyl (C=O) groups is 1. The van der Waals surface area contributed by atoms with Crippen LogP contribution in [0.15, 0.2) is 18.5 Å². The number of rotatable bonds is 3. The number of ether oxygens (including phenoxy) is 2. The standard InChI is InChI=1S/C18H25N3O3/c22-16(14-3-1-4-14)21-10-6-18(7-11-21)13-15(5-12-23-18)24-17-19-8-2-9-20-17/h2,8-9,14-15H,1,3-7,10-13H2. The number of aromatic nitrogens is 2. The van der Waals surface area contributed by atoms with Crippen LogP contribution >= 0.6 is 0 Å².